The minimum atomic E-state index is -3.42. The molecule has 0 aliphatic carbocycles. The van der Waals surface area contributed by atoms with Gasteiger partial charge in [-0.3, -0.25) is 4.79 Å². The van der Waals surface area contributed by atoms with Crippen molar-refractivity contribution < 1.29 is 22.5 Å². The number of aryl methyl sites for hydroxylation is 1. The Morgan fingerprint density at radius 2 is 1.88 bits per heavy atom. The normalized spacial score (nSPS) is 11.2. The summed E-state index contributed by atoms with van der Waals surface area (Å²) in [6.45, 7) is 3.67. The second-order valence-electron chi connectivity index (χ2n) is 7.24. The van der Waals surface area contributed by atoms with E-state index in [-0.39, 0.29) is 24.6 Å². The number of nitrogens with zero attached hydrogens (tertiary/aromatic N) is 2. The molecule has 0 bridgehead atoms. The number of carbonyl (C=O) groups excluding carboxylic acids is 1. The van der Waals surface area contributed by atoms with Gasteiger partial charge in [-0.25, -0.2) is 13.1 Å². The van der Waals surface area contributed by atoms with Crippen molar-refractivity contribution in [3.05, 3.63) is 72.6 Å². The van der Waals surface area contributed by atoms with Gasteiger partial charge in [0.05, 0.1) is 12.9 Å². The van der Waals surface area contributed by atoms with Crippen LogP contribution in [-0.2, 0) is 27.0 Å². The van der Waals surface area contributed by atoms with Crippen LogP contribution >= 0.6 is 0 Å². The molecule has 2 aromatic carbocycles. The summed E-state index contributed by atoms with van der Waals surface area (Å²) in [5, 5.41) is 6.78. The molecule has 0 aliphatic rings. The summed E-state index contributed by atoms with van der Waals surface area (Å²) in [5.74, 6) is 1.40. The number of amides is 1. The molecular weight excluding hydrogens is 444 g/mol. The predicted octanol–water partition coefficient (Wildman–Crippen LogP) is 3.31. The molecule has 3 aromatic rings. The first-order chi connectivity index (χ1) is 15.9. The van der Waals surface area contributed by atoms with E-state index in [2.05, 4.69) is 26.8 Å². The molecule has 0 radical (unpaired) electrons. The standard InChI is InChI=1S/C23H26N4O5S/c1-3-15-24-33(29,30)16-17-7-11-19(12-8-17)25-21(28)5-4-6-22-26-23(27-32-22)18-9-13-20(31-2)14-10-18/h3,7-14,24H,1,4-6,15-16H2,2H3,(H,25,28). The number of sulfonamides is 1. The summed E-state index contributed by atoms with van der Waals surface area (Å²) in [5.41, 5.74) is 2.03. The van der Waals surface area contributed by atoms with Crippen molar-refractivity contribution >= 4 is 21.6 Å². The van der Waals surface area contributed by atoms with Gasteiger partial charge in [-0.1, -0.05) is 23.4 Å². The lowest BCUT2D eigenvalue weighted by Gasteiger charge is -2.07. The van der Waals surface area contributed by atoms with Gasteiger partial charge in [0.15, 0.2) is 0 Å². The lowest BCUT2D eigenvalue weighted by Crippen LogP contribution is -2.25. The molecule has 9 nitrogen and oxygen atoms in total. The van der Waals surface area contributed by atoms with E-state index in [1.165, 1.54) is 6.08 Å². The number of rotatable bonds is 12. The Balaban J connectivity index is 1.44. The molecule has 3 rings (SSSR count). The monoisotopic (exact) mass is 470 g/mol. The van der Waals surface area contributed by atoms with Crippen LogP contribution in [0.3, 0.4) is 0 Å². The van der Waals surface area contributed by atoms with Crippen LogP contribution in [0.2, 0.25) is 0 Å². The average molecular weight is 471 g/mol. The molecule has 1 amide bonds. The number of aromatic nitrogens is 2. The fourth-order valence-corrected chi connectivity index (χ4v) is 4.08. The van der Waals surface area contributed by atoms with E-state index in [1.54, 1.807) is 31.4 Å². The summed E-state index contributed by atoms with van der Waals surface area (Å²) in [6, 6.07) is 14.0. The van der Waals surface area contributed by atoms with Gasteiger partial charge in [0.25, 0.3) is 0 Å². The number of anilines is 1. The largest absolute Gasteiger partial charge is 0.497 e. The maximum absolute atomic E-state index is 12.2. The summed E-state index contributed by atoms with van der Waals surface area (Å²) in [4.78, 5) is 16.6. The molecule has 0 saturated carbocycles. The quantitative estimate of drug-likeness (QED) is 0.389. The van der Waals surface area contributed by atoms with Gasteiger partial charge in [-0.05, 0) is 48.4 Å². The van der Waals surface area contributed by atoms with Gasteiger partial charge >= 0.3 is 0 Å². The Hall–Kier alpha value is -3.50. The van der Waals surface area contributed by atoms with Crippen molar-refractivity contribution in [2.75, 3.05) is 19.0 Å². The second kappa shape index (κ2) is 11.4. The van der Waals surface area contributed by atoms with Crippen molar-refractivity contribution in [1.82, 2.24) is 14.9 Å². The molecule has 10 heteroatoms. The molecule has 0 fully saturated rings. The van der Waals surface area contributed by atoms with Gasteiger partial charge < -0.3 is 14.6 Å². The maximum Gasteiger partial charge on any atom is 0.226 e. The highest BCUT2D eigenvalue weighted by atomic mass is 32.2. The SMILES string of the molecule is C=CCNS(=O)(=O)Cc1ccc(NC(=O)CCCc2nc(-c3ccc(OC)cc3)no2)cc1. The highest BCUT2D eigenvalue weighted by Gasteiger charge is 2.12. The van der Waals surface area contributed by atoms with E-state index in [9.17, 15) is 13.2 Å². The van der Waals surface area contributed by atoms with Crippen molar-refractivity contribution in [3.8, 4) is 17.1 Å². The summed E-state index contributed by atoms with van der Waals surface area (Å²) >= 11 is 0. The average Bonchev–Trinajstić information content (AvgIpc) is 3.28. The molecule has 1 aromatic heterocycles. The zero-order valence-electron chi connectivity index (χ0n) is 18.3. The Labute approximate surface area is 192 Å². The molecule has 2 N–H and O–H groups in total. The second-order valence-corrected chi connectivity index (χ2v) is 9.04. The van der Waals surface area contributed by atoms with Crippen molar-refractivity contribution in [1.29, 1.82) is 0 Å². The summed E-state index contributed by atoms with van der Waals surface area (Å²) < 4.78 is 36.6. The predicted molar refractivity (Wildman–Crippen MR) is 125 cm³/mol. The van der Waals surface area contributed by atoms with E-state index in [0.29, 0.717) is 35.8 Å². The van der Waals surface area contributed by atoms with Crippen molar-refractivity contribution in [2.45, 2.75) is 25.0 Å². The molecule has 0 saturated heterocycles. The third-order valence-electron chi connectivity index (χ3n) is 4.65. The van der Waals surface area contributed by atoms with Gasteiger partial charge in [0.1, 0.15) is 5.75 Å². The van der Waals surface area contributed by atoms with E-state index in [1.807, 2.05) is 24.3 Å². The first kappa shape index (κ1) is 24.1. The van der Waals surface area contributed by atoms with E-state index in [4.69, 9.17) is 9.26 Å². The van der Waals surface area contributed by atoms with Crippen molar-refractivity contribution in [2.24, 2.45) is 0 Å². The van der Waals surface area contributed by atoms with E-state index >= 15 is 0 Å². The first-order valence-electron chi connectivity index (χ1n) is 10.3. The van der Waals surface area contributed by atoms with E-state index < -0.39 is 10.0 Å². The molecule has 0 unspecified atom stereocenters. The van der Waals surface area contributed by atoms with Gasteiger partial charge in [0, 0.05) is 30.6 Å². The Kier molecular flexibility index (Phi) is 8.34. The highest BCUT2D eigenvalue weighted by molar-refractivity contribution is 7.88. The van der Waals surface area contributed by atoms with Crippen LogP contribution < -0.4 is 14.8 Å². The van der Waals surface area contributed by atoms with Crippen LogP contribution in [0.25, 0.3) is 11.4 Å². The lowest BCUT2D eigenvalue weighted by atomic mass is 10.2. The molecule has 1 heterocycles. The van der Waals surface area contributed by atoms with Crippen LogP contribution in [0.4, 0.5) is 5.69 Å². The maximum atomic E-state index is 12.2. The van der Waals surface area contributed by atoms with Gasteiger partial charge in [-0.15, -0.1) is 6.58 Å². The number of methoxy groups -OCH3 is 1. The molecule has 174 valence electrons. The fourth-order valence-electron chi connectivity index (χ4n) is 2.98. The number of benzene rings is 2. The Morgan fingerprint density at radius 3 is 2.55 bits per heavy atom. The first-order valence-corrected chi connectivity index (χ1v) is 12.0. The number of ether oxygens (including phenoxy) is 1. The van der Waals surface area contributed by atoms with Crippen LogP contribution in [-0.4, -0.2) is 38.1 Å². The number of carbonyl (C=O) groups is 1. The minimum absolute atomic E-state index is 0.141. The topological polar surface area (TPSA) is 123 Å². The third-order valence-corrected chi connectivity index (χ3v) is 5.97. The Bertz CT molecular complexity index is 1170. The highest BCUT2D eigenvalue weighted by Crippen LogP contribution is 2.20. The van der Waals surface area contributed by atoms with E-state index in [0.717, 1.165) is 11.3 Å². The summed E-state index contributed by atoms with van der Waals surface area (Å²) in [6.07, 6.45) is 2.78. The molecule has 0 spiro atoms. The van der Waals surface area contributed by atoms with Crippen LogP contribution in [0.1, 0.15) is 24.3 Å². The van der Waals surface area contributed by atoms with Crippen molar-refractivity contribution in [3.63, 3.8) is 0 Å². The third kappa shape index (κ3) is 7.55. The Morgan fingerprint density at radius 1 is 1.15 bits per heavy atom. The lowest BCUT2D eigenvalue weighted by molar-refractivity contribution is -0.116. The summed E-state index contributed by atoms with van der Waals surface area (Å²) in [7, 11) is -1.82. The smallest absolute Gasteiger partial charge is 0.226 e. The number of nitrogens with one attached hydrogen (secondary N) is 2. The number of hydrogen-bond acceptors (Lipinski definition) is 7. The molecule has 0 aliphatic heterocycles. The fraction of sp³-hybridized carbons (Fsp3) is 0.261. The van der Waals surface area contributed by atoms with Crippen LogP contribution in [0, 0.1) is 0 Å². The van der Waals surface area contributed by atoms with Gasteiger partial charge in [0.2, 0.25) is 27.6 Å². The van der Waals surface area contributed by atoms with Crippen LogP contribution in [0.5, 0.6) is 5.75 Å². The number of hydrogen-bond donors (Lipinski definition) is 2. The molecule has 33 heavy (non-hydrogen) atoms. The zero-order valence-corrected chi connectivity index (χ0v) is 19.1. The molecular formula is C23H26N4O5S. The van der Waals surface area contributed by atoms with Gasteiger partial charge in [-0.2, -0.15) is 4.98 Å². The molecule has 0 atom stereocenters. The zero-order chi connectivity index (χ0) is 23.7. The van der Waals surface area contributed by atoms with Crippen LogP contribution in [0.15, 0.2) is 65.7 Å². The minimum Gasteiger partial charge on any atom is -0.497 e.